The molecule has 1 aliphatic heterocycles. The molecule has 1 aromatic rings. The van der Waals surface area contributed by atoms with Gasteiger partial charge in [-0.3, -0.25) is 9.59 Å². The maximum atomic E-state index is 12.9. The number of carbonyl (C=O) groups is 2. The van der Waals surface area contributed by atoms with Crippen LogP contribution in [-0.2, 0) is 9.53 Å². The molecule has 1 fully saturated rings. The molecule has 2 amide bonds. The van der Waals surface area contributed by atoms with E-state index >= 15 is 0 Å². The highest BCUT2D eigenvalue weighted by Gasteiger charge is 2.30. The van der Waals surface area contributed by atoms with Crippen LogP contribution in [0.25, 0.3) is 0 Å². The van der Waals surface area contributed by atoms with Crippen molar-refractivity contribution >= 4 is 11.8 Å². The number of rotatable bonds is 5. The lowest BCUT2D eigenvalue weighted by molar-refractivity contribution is -0.140. The largest absolute Gasteiger partial charge is 0.375 e. The summed E-state index contributed by atoms with van der Waals surface area (Å²) in [6.07, 6.45) is 0.664. The van der Waals surface area contributed by atoms with Gasteiger partial charge in [0.2, 0.25) is 5.91 Å². The summed E-state index contributed by atoms with van der Waals surface area (Å²) in [4.78, 5) is 27.3. The monoisotopic (exact) mass is 332 g/mol. The van der Waals surface area contributed by atoms with Gasteiger partial charge in [0.1, 0.15) is 6.04 Å². The summed E-state index contributed by atoms with van der Waals surface area (Å²) in [6, 6.07) is 6.93. The van der Waals surface area contributed by atoms with Gasteiger partial charge in [0, 0.05) is 18.7 Å². The molecule has 1 N–H and O–H groups in total. The third-order valence-corrected chi connectivity index (χ3v) is 4.25. The smallest absolute Gasteiger partial charge is 0.252 e. The first kappa shape index (κ1) is 18.5. The SMILES string of the molecule is Cc1ccccc1C(=O)NC(CC(C)C)C(=O)N1CCOC(C)C1. The Morgan fingerprint density at radius 3 is 2.67 bits per heavy atom. The number of benzene rings is 1. The van der Waals surface area contributed by atoms with Gasteiger partial charge >= 0.3 is 0 Å². The fourth-order valence-electron chi connectivity index (χ4n) is 3.00. The van der Waals surface area contributed by atoms with Crippen LogP contribution < -0.4 is 5.32 Å². The molecule has 1 aliphatic rings. The minimum Gasteiger partial charge on any atom is -0.375 e. The van der Waals surface area contributed by atoms with E-state index in [1.807, 2.05) is 32.0 Å². The van der Waals surface area contributed by atoms with Gasteiger partial charge in [-0.25, -0.2) is 0 Å². The van der Waals surface area contributed by atoms with Gasteiger partial charge in [-0.1, -0.05) is 32.0 Å². The molecule has 0 aliphatic carbocycles. The number of carbonyl (C=O) groups excluding carboxylic acids is 2. The number of morpholine rings is 1. The van der Waals surface area contributed by atoms with E-state index in [1.54, 1.807) is 11.0 Å². The minimum absolute atomic E-state index is 0.0132. The molecular weight excluding hydrogens is 304 g/mol. The van der Waals surface area contributed by atoms with Crippen LogP contribution in [0.1, 0.15) is 43.1 Å². The predicted molar refractivity (Wildman–Crippen MR) is 93.9 cm³/mol. The lowest BCUT2D eigenvalue weighted by Gasteiger charge is -2.34. The molecule has 24 heavy (non-hydrogen) atoms. The van der Waals surface area contributed by atoms with Crippen molar-refractivity contribution in [3.05, 3.63) is 35.4 Å². The summed E-state index contributed by atoms with van der Waals surface area (Å²) in [5.74, 6) is 0.115. The van der Waals surface area contributed by atoms with E-state index in [4.69, 9.17) is 4.74 Å². The van der Waals surface area contributed by atoms with E-state index in [9.17, 15) is 9.59 Å². The van der Waals surface area contributed by atoms with Gasteiger partial charge in [-0.05, 0) is 37.8 Å². The van der Waals surface area contributed by atoms with E-state index in [1.165, 1.54) is 0 Å². The quantitative estimate of drug-likeness (QED) is 0.901. The van der Waals surface area contributed by atoms with Gasteiger partial charge < -0.3 is 15.0 Å². The number of hydrogen-bond acceptors (Lipinski definition) is 3. The number of hydrogen-bond donors (Lipinski definition) is 1. The molecule has 0 radical (unpaired) electrons. The summed E-state index contributed by atoms with van der Waals surface area (Å²) < 4.78 is 5.50. The average molecular weight is 332 g/mol. The maximum Gasteiger partial charge on any atom is 0.252 e. The highest BCUT2D eigenvalue weighted by atomic mass is 16.5. The van der Waals surface area contributed by atoms with Crippen molar-refractivity contribution in [2.24, 2.45) is 5.92 Å². The Balaban J connectivity index is 2.11. The van der Waals surface area contributed by atoms with Crippen LogP contribution in [0.5, 0.6) is 0 Å². The molecule has 1 saturated heterocycles. The minimum atomic E-state index is -0.498. The summed E-state index contributed by atoms with van der Waals surface area (Å²) in [6.45, 7) is 9.68. The van der Waals surface area contributed by atoms with Crippen LogP contribution in [-0.4, -0.2) is 48.6 Å². The van der Waals surface area contributed by atoms with Crippen molar-refractivity contribution < 1.29 is 14.3 Å². The Kier molecular flexibility index (Phi) is 6.37. The van der Waals surface area contributed by atoms with Gasteiger partial charge in [0.15, 0.2) is 0 Å². The number of ether oxygens (including phenoxy) is 1. The maximum absolute atomic E-state index is 12.9. The van der Waals surface area contributed by atoms with Crippen molar-refractivity contribution in [2.45, 2.75) is 46.3 Å². The van der Waals surface area contributed by atoms with Crippen LogP contribution in [0.2, 0.25) is 0 Å². The standard InChI is InChI=1S/C19H28N2O3/c1-13(2)11-17(19(23)21-9-10-24-15(4)12-21)20-18(22)16-8-6-5-7-14(16)3/h5-8,13,15,17H,9-12H2,1-4H3,(H,20,22). The van der Waals surface area contributed by atoms with E-state index in [0.717, 1.165) is 5.56 Å². The number of amides is 2. The molecule has 0 bridgehead atoms. The topological polar surface area (TPSA) is 58.6 Å². The molecule has 5 heteroatoms. The Bertz CT molecular complexity index is 586. The normalized spacial score (nSPS) is 19.2. The number of nitrogens with zero attached hydrogens (tertiary/aromatic N) is 1. The summed E-state index contributed by atoms with van der Waals surface area (Å²) in [7, 11) is 0. The lowest BCUT2D eigenvalue weighted by Crippen LogP contribution is -2.53. The molecule has 2 atom stereocenters. The third kappa shape index (κ3) is 4.81. The molecule has 1 heterocycles. The van der Waals surface area contributed by atoms with Crippen molar-refractivity contribution in [3.8, 4) is 0 Å². The second kappa shape index (κ2) is 8.29. The summed E-state index contributed by atoms with van der Waals surface area (Å²) in [5.41, 5.74) is 1.53. The van der Waals surface area contributed by atoms with Crippen LogP contribution in [0.15, 0.2) is 24.3 Å². The molecule has 0 spiro atoms. The third-order valence-electron chi connectivity index (χ3n) is 4.25. The molecule has 1 aromatic carbocycles. The van der Waals surface area contributed by atoms with Crippen molar-refractivity contribution in [2.75, 3.05) is 19.7 Å². The van der Waals surface area contributed by atoms with Gasteiger partial charge in [-0.2, -0.15) is 0 Å². The summed E-state index contributed by atoms with van der Waals surface area (Å²) in [5, 5.41) is 2.95. The van der Waals surface area contributed by atoms with Gasteiger partial charge in [-0.15, -0.1) is 0 Å². The Hall–Kier alpha value is -1.88. The molecule has 2 rings (SSSR count). The molecule has 5 nitrogen and oxygen atoms in total. The van der Waals surface area contributed by atoms with Gasteiger partial charge in [0.25, 0.3) is 5.91 Å². The average Bonchev–Trinajstić information content (AvgIpc) is 2.53. The first-order valence-corrected chi connectivity index (χ1v) is 8.65. The number of nitrogens with one attached hydrogen (secondary N) is 1. The van der Waals surface area contributed by atoms with Crippen molar-refractivity contribution in [1.29, 1.82) is 0 Å². The first-order valence-electron chi connectivity index (χ1n) is 8.65. The fraction of sp³-hybridized carbons (Fsp3) is 0.579. The van der Waals surface area contributed by atoms with Gasteiger partial charge in [0.05, 0.1) is 12.7 Å². The Labute approximate surface area is 144 Å². The zero-order chi connectivity index (χ0) is 17.7. The van der Waals surface area contributed by atoms with Crippen LogP contribution >= 0.6 is 0 Å². The van der Waals surface area contributed by atoms with Crippen molar-refractivity contribution in [1.82, 2.24) is 10.2 Å². The fourth-order valence-corrected chi connectivity index (χ4v) is 3.00. The molecule has 0 saturated carbocycles. The second-order valence-corrected chi connectivity index (χ2v) is 6.94. The highest BCUT2D eigenvalue weighted by Crippen LogP contribution is 2.14. The summed E-state index contributed by atoms with van der Waals surface area (Å²) >= 11 is 0. The molecule has 0 aromatic heterocycles. The zero-order valence-electron chi connectivity index (χ0n) is 15.0. The van der Waals surface area contributed by atoms with Crippen LogP contribution in [0, 0.1) is 12.8 Å². The second-order valence-electron chi connectivity index (χ2n) is 6.94. The van der Waals surface area contributed by atoms with Crippen LogP contribution in [0.3, 0.4) is 0 Å². The zero-order valence-corrected chi connectivity index (χ0v) is 15.0. The molecule has 132 valence electrons. The highest BCUT2D eigenvalue weighted by molar-refractivity contribution is 5.98. The van der Waals surface area contributed by atoms with Crippen LogP contribution in [0.4, 0.5) is 0 Å². The van der Waals surface area contributed by atoms with E-state index in [-0.39, 0.29) is 17.9 Å². The first-order chi connectivity index (χ1) is 11.4. The molecule has 2 unspecified atom stereocenters. The lowest BCUT2D eigenvalue weighted by atomic mass is 10.0. The Morgan fingerprint density at radius 2 is 2.04 bits per heavy atom. The van der Waals surface area contributed by atoms with E-state index in [2.05, 4.69) is 19.2 Å². The Morgan fingerprint density at radius 1 is 1.33 bits per heavy atom. The predicted octanol–water partition coefficient (Wildman–Crippen LogP) is 2.39. The number of aryl methyl sites for hydroxylation is 1. The van der Waals surface area contributed by atoms with E-state index in [0.29, 0.717) is 37.6 Å². The van der Waals surface area contributed by atoms with Crippen molar-refractivity contribution in [3.63, 3.8) is 0 Å². The molecular formula is C19H28N2O3. The van der Waals surface area contributed by atoms with E-state index < -0.39 is 6.04 Å².